The van der Waals surface area contributed by atoms with Crippen LogP contribution in [0.2, 0.25) is 0 Å². The largest absolute Gasteiger partial charge is 0.384 e. The fourth-order valence-corrected chi connectivity index (χ4v) is 2.61. The summed E-state index contributed by atoms with van der Waals surface area (Å²) in [5.74, 6) is 0.577. The Morgan fingerprint density at radius 1 is 1.29 bits per heavy atom. The van der Waals surface area contributed by atoms with Crippen LogP contribution in [0.25, 0.3) is 10.6 Å². The maximum Gasteiger partial charge on any atom is 0.222 e. The van der Waals surface area contributed by atoms with Crippen LogP contribution in [-0.4, -0.2) is 9.97 Å². The number of aromatic nitrogens is 2. The highest BCUT2D eigenvalue weighted by Gasteiger charge is 2.07. The van der Waals surface area contributed by atoms with E-state index in [1.165, 1.54) is 0 Å². The summed E-state index contributed by atoms with van der Waals surface area (Å²) in [5, 5.41) is 1.97. The van der Waals surface area contributed by atoms with Gasteiger partial charge in [-0.15, -0.1) is 11.3 Å². The van der Waals surface area contributed by atoms with E-state index in [1.807, 2.05) is 11.4 Å². The summed E-state index contributed by atoms with van der Waals surface area (Å²) in [6.45, 7) is 0. The van der Waals surface area contributed by atoms with E-state index in [2.05, 4.69) is 25.9 Å². The van der Waals surface area contributed by atoms with Crippen molar-refractivity contribution in [2.24, 2.45) is 0 Å². The Morgan fingerprint density at radius 3 is 2.64 bits per heavy atom. The molecule has 0 spiro atoms. The van der Waals surface area contributed by atoms with Crippen LogP contribution in [0.3, 0.4) is 0 Å². The van der Waals surface area contributed by atoms with Gasteiger partial charge in [0.1, 0.15) is 5.82 Å². The molecule has 0 amide bonds. The van der Waals surface area contributed by atoms with Crippen LogP contribution in [0.15, 0.2) is 22.0 Å². The lowest BCUT2D eigenvalue weighted by Crippen LogP contribution is -2.00. The first-order valence-electron chi connectivity index (χ1n) is 3.80. The highest BCUT2D eigenvalue weighted by atomic mass is 79.9. The molecule has 0 aromatic carbocycles. The van der Waals surface area contributed by atoms with E-state index in [0.717, 1.165) is 15.0 Å². The molecule has 0 aliphatic rings. The van der Waals surface area contributed by atoms with Gasteiger partial charge in [0.15, 0.2) is 0 Å². The van der Waals surface area contributed by atoms with Gasteiger partial charge >= 0.3 is 0 Å². The van der Waals surface area contributed by atoms with E-state index in [4.69, 9.17) is 11.5 Å². The van der Waals surface area contributed by atoms with Crippen molar-refractivity contribution in [3.63, 3.8) is 0 Å². The summed E-state index contributed by atoms with van der Waals surface area (Å²) < 4.78 is 0.986. The molecular weight excluding hydrogens is 264 g/mol. The van der Waals surface area contributed by atoms with E-state index in [-0.39, 0.29) is 5.95 Å². The predicted octanol–water partition coefficient (Wildman–Crippen LogP) is 2.13. The predicted molar refractivity (Wildman–Crippen MR) is 61.9 cm³/mol. The van der Waals surface area contributed by atoms with Crippen LogP contribution in [-0.2, 0) is 0 Å². The third-order valence-corrected chi connectivity index (χ3v) is 3.47. The van der Waals surface area contributed by atoms with E-state index < -0.39 is 0 Å². The maximum absolute atomic E-state index is 5.57. The summed E-state index contributed by atoms with van der Waals surface area (Å²) in [7, 11) is 0. The quantitative estimate of drug-likeness (QED) is 0.832. The molecule has 0 aliphatic carbocycles. The van der Waals surface area contributed by atoms with Crippen molar-refractivity contribution in [3.05, 3.63) is 22.0 Å². The number of nitrogen functional groups attached to an aromatic ring is 2. The molecule has 2 aromatic rings. The van der Waals surface area contributed by atoms with Crippen molar-refractivity contribution in [2.45, 2.75) is 0 Å². The SMILES string of the molecule is Nc1cc(-c2sccc2Br)nc(N)n1. The average molecular weight is 271 g/mol. The monoisotopic (exact) mass is 270 g/mol. The number of nitrogens with zero attached hydrogens (tertiary/aromatic N) is 2. The molecular formula is C8H7BrN4S. The molecule has 0 fully saturated rings. The van der Waals surface area contributed by atoms with Gasteiger partial charge in [0.2, 0.25) is 5.95 Å². The number of hydrogen-bond donors (Lipinski definition) is 2. The Hall–Kier alpha value is -1.14. The van der Waals surface area contributed by atoms with Gasteiger partial charge < -0.3 is 11.5 Å². The van der Waals surface area contributed by atoms with Gasteiger partial charge in [-0.3, -0.25) is 0 Å². The third kappa shape index (κ3) is 1.71. The molecule has 0 unspecified atom stereocenters. The van der Waals surface area contributed by atoms with Crippen LogP contribution < -0.4 is 11.5 Å². The Morgan fingerprint density at radius 2 is 2.07 bits per heavy atom. The lowest BCUT2D eigenvalue weighted by atomic mass is 10.3. The zero-order valence-corrected chi connectivity index (χ0v) is 9.47. The number of anilines is 2. The zero-order valence-electron chi connectivity index (χ0n) is 7.07. The normalized spacial score (nSPS) is 10.4. The van der Waals surface area contributed by atoms with Crippen LogP contribution in [0, 0.1) is 0 Å². The Labute approximate surface area is 93.1 Å². The van der Waals surface area contributed by atoms with Gasteiger partial charge in [-0.1, -0.05) is 0 Å². The Kier molecular flexibility index (Phi) is 2.39. The molecule has 2 heterocycles. The van der Waals surface area contributed by atoms with Crippen LogP contribution >= 0.6 is 27.3 Å². The van der Waals surface area contributed by atoms with E-state index in [9.17, 15) is 0 Å². The molecule has 0 atom stereocenters. The van der Waals surface area contributed by atoms with E-state index in [1.54, 1.807) is 17.4 Å². The van der Waals surface area contributed by atoms with Crippen LogP contribution in [0.5, 0.6) is 0 Å². The fourth-order valence-electron chi connectivity index (χ4n) is 1.08. The molecule has 0 saturated carbocycles. The molecule has 0 bridgehead atoms. The highest BCUT2D eigenvalue weighted by molar-refractivity contribution is 9.10. The van der Waals surface area contributed by atoms with E-state index >= 15 is 0 Å². The lowest BCUT2D eigenvalue weighted by molar-refractivity contribution is 1.20. The number of thiophene rings is 1. The van der Waals surface area contributed by atoms with Crippen molar-refractivity contribution in [1.82, 2.24) is 9.97 Å². The molecule has 14 heavy (non-hydrogen) atoms. The topological polar surface area (TPSA) is 77.8 Å². The number of rotatable bonds is 1. The third-order valence-electron chi connectivity index (χ3n) is 1.61. The highest BCUT2D eigenvalue weighted by Crippen LogP contribution is 2.32. The number of hydrogen-bond acceptors (Lipinski definition) is 5. The molecule has 4 N–H and O–H groups in total. The van der Waals surface area contributed by atoms with E-state index in [0.29, 0.717) is 5.82 Å². The number of halogens is 1. The van der Waals surface area contributed by atoms with Gasteiger partial charge in [-0.05, 0) is 27.4 Å². The molecule has 4 nitrogen and oxygen atoms in total. The molecule has 2 rings (SSSR count). The fraction of sp³-hybridized carbons (Fsp3) is 0. The smallest absolute Gasteiger partial charge is 0.222 e. The molecule has 6 heteroatoms. The van der Waals surface area contributed by atoms with Crippen molar-refractivity contribution in [1.29, 1.82) is 0 Å². The maximum atomic E-state index is 5.57. The first-order chi connectivity index (χ1) is 6.66. The molecule has 0 radical (unpaired) electrons. The summed E-state index contributed by atoms with van der Waals surface area (Å²) in [4.78, 5) is 8.92. The van der Waals surface area contributed by atoms with Crippen LogP contribution in [0.1, 0.15) is 0 Å². The molecule has 0 aliphatic heterocycles. The zero-order chi connectivity index (χ0) is 10.1. The second kappa shape index (κ2) is 3.55. The van der Waals surface area contributed by atoms with Gasteiger partial charge in [0, 0.05) is 10.5 Å². The molecule has 2 aromatic heterocycles. The van der Waals surface area contributed by atoms with Gasteiger partial charge in [0.25, 0.3) is 0 Å². The standard InChI is InChI=1S/C8H7BrN4S/c9-4-1-2-14-7(4)5-3-6(10)13-8(11)12-5/h1-3H,(H4,10,11,12,13). The Balaban J connectivity index is 2.57. The van der Waals surface area contributed by atoms with Crippen molar-refractivity contribution in [2.75, 3.05) is 11.5 Å². The van der Waals surface area contributed by atoms with Crippen LogP contribution in [0.4, 0.5) is 11.8 Å². The summed E-state index contributed by atoms with van der Waals surface area (Å²) >= 11 is 4.99. The first kappa shape index (κ1) is 9.42. The summed E-state index contributed by atoms with van der Waals surface area (Å²) in [6.07, 6.45) is 0. The van der Waals surface area contributed by atoms with Gasteiger partial charge in [-0.25, -0.2) is 4.98 Å². The second-order valence-corrected chi connectivity index (χ2v) is 4.40. The van der Waals surface area contributed by atoms with Crippen molar-refractivity contribution in [3.8, 4) is 10.6 Å². The molecule has 0 saturated heterocycles. The minimum atomic E-state index is 0.195. The number of nitrogens with two attached hydrogens (primary N) is 2. The minimum Gasteiger partial charge on any atom is -0.384 e. The summed E-state index contributed by atoms with van der Waals surface area (Å²) in [5.41, 5.74) is 11.8. The average Bonchev–Trinajstić information content (AvgIpc) is 2.49. The van der Waals surface area contributed by atoms with Crippen molar-refractivity contribution < 1.29 is 0 Å². The first-order valence-corrected chi connectivity index (χ1v) is 5.47. The lowest BCUT2D eigenvalue weighted by Gasteiger charge is -2.00. The summed E-state index contributed by atoms with van der Waals surface area (Å²) in [6, 6.07) is 3.65. The van der Waals surface area contributed by atoms with Gasteiger partial charge in [0.05, 0.1) is 10.6 Å². The Bertz CT molecular complexity index is 448. The second-order valence-electron chi connectivity index (χ2n) is 2.63. The van der Waals surface area contributed by atoms with Gasteiger partial charge in [-0.2, -0.15) is 4.98 Å². The minimum absolute atomic E-state index is 0.195. The van der Waals surface area contributed by atoms with Crippen molar-refractivity contribution >= 4 is 39.0 Å². The molecule has 72 valence electrons.